The lowest BCUT2D eigenvalue weighted by Gasteiger charge is -2.29. The van der Waals surface area contributed by atoms with Gasteiger partial charge in [0.15, 0.2) is 0 Å². The van der Waals surface area contributed by atoms with Gasteiger partial charge in [0.25, 0.3) is 0 Å². The van der Waals surface area contributed by atoms with Gasteiger partial charge < -0.3 is 10.1 Å². The molecule has 0 unspecified atom stereocenters. The molecule has 1 saturated heterocycles. The minimum Gasteiger partial charge on any atom is -0.496 e. The van der Waals surface area contributed by atoms with Gasteiger partial charge in [0.1, 0.15) is 5.75 Å². The molecule has 100 valence electrons. The van der Waals surface area contributed by atoms with Crippen LogP contribution in [0.4, 0.5) is 0 Å². The van der Waals surface area contributed by atoms with Crippen LogP contribution in [0.2, 0.25) is 0 Å². The number of aryl methyl sites for hydroxylation is 2. The highest BCUT2D eigenvalue weighted by Crippen LogP contribution is 2.30. The Kier molecular flexibility index (Phi) is 4.25. The Hall–Kier alpha value is -1.06. The van der Waals surface area contributed by atoms with Crippen molar-refractivity contribution in [3.63, 3.8) is 0 Å². The number of hydrogen-bond donors (Lipinski definition) is 1. The van der Waals surface area contributed by atoms with Gasteiger partial charge in [0, 0.05) is 38.3 Å². The van der Waals surface area contributed by atoms with E-state index in [2.05, 4.69) is 37.1 Å². The molecule has 18 heavy (non-hydrogen) atoms. The molecule has 3 heteroatoms. The molecule has 1 aromatic rings. The van der Waals surface area contributed by atoms with E-state index in [1.165, 1.54) is 22.3 Å². The first-order valence-electron chi connectivity index (χ1n) is 6.70. The Morgan fingerprint density at radius 3 is 2.44 bits per heavy atom. The summed E-state index contributed by atoms with van der Waals surface area (Å²) in [5.74, 6) is 1.08. The molecule has 0 radical (unpaired) electrons. The molecule has 3 nitrogen and oxygen atoms in total. The fraction of sp³-hybridized carbons (Fsp3) is 0.600. The van der Waals surface area contributed by atoms with Crippen molar-refractivity contribution in [3.8, 4) is 5.75 Å². The number of ether oxygens (including phenoxy) is 1. The van der Waals surface area contributed by atoms with Crippen LogP contribution >= 0.6 is 0 Å². The molecule has 0 bridgehead atoms. The smallest absolute Gasteiger partial charge is 0.126 e. The highest BCUT2D eigenvalue weighted by molar-refractivity contribution is 5.49. The molecule has 1 N–H and O–H groups in total. The topological polar surface area (TPSA) is 24.5 Å². The van der Waals surface area contributed by atoms with Gasteiger partial charge in [0.05, 0.1) is 7.11 Å². The molecular weight excluding hydrogens is 224 g/mol. The van der Waals surface area contributed by atoms with Crippen molar-refractivity contribution in [2.75, 3.05) is 33.3 Å². The Balaban J connectivity index is 2.28. The second-order valence-electron chi connectivity index (χ2n) is 5.17. The Labute approximate surface area is 110 Å². The van der Waals surface area contributed by atoms with Crippen LogP contribution in [0.15, 0.2) is 6.07 Å². The predicted molar refractivity (Wildman–Crippen MR) is 75.4 cm³/mol. The summed E-state index contributed by atoms with van der Waals surface area (Å²) >= 11 is 0. The number of rotatable bonds is 3. The van der Waals surface area contributed by atoms with Crippen LogP contribution in [0.1, 0.15) is 22.3 Å². The van der Waals surface area contributed by atoms with Gasteiger partial charge in [-0.25, -0.2) is 0 Å². The van der Waals surface area contributed by atoms with Crippen LogP contribution in [0.25, 0.3) is 0 Å². The van der Waals surface area contributed by atoms with Gasteiger partial charge in [0.2, 0.25) is 0 Å². The van der Waals surface area contributed by atoms with E-state index < -0.39 is 0 Å². The first-order valence-corrected chi connectivity index (χ1v) is 6.70. The lowest BCUT2D eigenvalue weighted by Crippen LogP contribution is -2.43. The van der Waals surface area contributed by atoms with Crippen LogP contribution in [0.3, 0.4) is 0 Å². The number of hydrogen-bond acceptors (Lipinski definition) is 3. The third-order valence-electron chi connectivity index (χ3n) is 3.91. The van der Waals surface area contributed by atoms with Gasteiger partial charge in [-0.05, 0) is 37.5 Å². The van der Waals surface area contributed by atoms with Gasteiger partial charge in [-0.3, -0.25) is 4.90 Å². The Morgan fingerprint density at radius 2 is 1.83 bits per heavy atom. The maximum absolute atomic E-state index is 5.64. The monoisotopic (exact) mass is 248 g/mol. The average Bonchev–Trinajstić information content (AvgIpc) is 2.37. The second-order valence-corrected chi connectivity index (χ2v) is 5.17. The Bertz CT molecular complexity index is 423. The third kappa shape index (κ3) is 2.68. The first-order chi connectivity index (χ1) is 8.63. The van der Waals surface area contributed by atoms with Crippen molar-refractivity contribution in [1.82, 2.24) is 10.2 Å². The van der Waals surface area contributed by atoms with Gasteiger partial charge in [-0.2, -0.15) is 0 Å². The summed E-state index contributed by atoms with van der Waals surface area (Å²) in [6.07, 6.45) is 0. The fourth-order valence-corrected chi connectivity index (χ4v) is 2.67. The number of nitrogens with one attached hydrogen (secondary N) is 1. The van der Waals surface area contributed by atoms with Crippen molar-refractivity contribution in [2.24, 2.45) is 0 Å². The zero-order valence-corrected chi connectivity index (χ0v) is 12.0. The molecule has 0 aromatic heterocycles. The van der Waals surface area contributed by atoms with E-state index in [1.807, 2.05) is 0 Å². The minimum atomic E-state index is 0.998. The molecule has 0 amide bonds. The second kappa shape index (κ2) is 5.72. The summed E-state index contributed by atoms with van der Waals surface area (Å²) in [5.41, 5.74) is 5.28. The van der Waals surface area contributed by atoms with Gasteiger partial charge in [-0.1, -0.05) is 6.07 Å². The quantitative estimate of drug-likeness (QED) is 0.886. The van der Waals surface area contributed by atoms with Crippen LogP contribution in [-0.2, 0) is 6.54 Å². The summed E-state index contributed by atoms with van der Waals surface area (Å²) in [6, 6.07) is 2.27. The lowest BCUT2D eigenvalue weighted by atomic mass is 9.98. The predicted octanol–water partition coefficient (Wildman–Crippen LogP) is 2.03. The molecule has 1 aliphatic rings. The maximum atomic E-state index is 5.64. The van der Waals surface area contributed by atoms with Crippen LogP contribution in [0, 0.1) is 20.8 Å². The average molecular weight is 248 g/mol. The molecule has 0 spiro atoms. The fourth-order valence-electron chi connectivity index (χ4n) is 2.67. The largest absolute Gasteiger partial charge is 0.496 e. The third-order valence-corrected chi connectivity index (χ3v) is 3.91. The molecule has 1 heterocycles. The standard InChI is InChI=1S/C15H24N2O/c1-11-9-12(2)14(15(18-4)13(11)3)10-17-7-5-16-6-8-17/h9,16H,5-8,10H2,1-4H3. The zero-order chi connectivity index (χ0) is 13.1. The van der Waals surface area contributed by atoms with E-state index in [4.69, 9.17) is 4.74 Å². The normalized spacial score (nSPS) is 16.9. The first kappa shape index (κ1) is 13.4. The van der Waals surface area contributed by atoms with Gasteiger partial charge >= 0.3 is 0 Å². The number of piperazine rings is 1. The summed E-state index contributed by atoms with van der Waals surface area (Å²) in [6.45, 7) is 11.9. The summed E-state index contributed by atoms with van der Waals surface area (Å²) in [7, 11) is 1.78. The van der Waals surface area contributed by atoms with E-state index in [-0.39, 0.29) is 0 Å². The molecule has 1 aromatic carbocycles. The van der Waals surface area contributed by atoms with Crippen molar-refractivity contribution in [3.05, 3.63) is 28.3 Å². The SMILES string of the molecule is COc1c(C)c(C)cc(C)c1CN1CCNCC1. The van der Waals surface area contributed by atoms with E-state index in [0.29, 0.717) is 0 Å². The molecule has 2 rings (SSSR count). The molecule has 0 atom stereocenters. The Morgan fingerprint density at radius 1 is 1.17 bits per heavy atom. The van der Waals surface area contributed by atoms with Crippen molar-refractivity contribution in [1.29, 1.82) is 0 Å². The summed E-state index contributed by atoms with van der Waals surface area (Å²) in [5, 5.41) is 3.39. The summed E-state index contributed by atoms with van der Waals surface area (Å²) < 4.78 is 5.64. The van der Waals surface area contributed by atoms with E-state index in [9.17, 15) is 0 Å². The molecule has 1 aliphatic heterocycles. The van der Waals surface area contributed by atoms with E-state index in [1.54, 1.807) is 7.11 Å². The van der Waals surface area contributed by atoms with Crippen LogP contribution in [0.5, 0.6) is 5.75 Å². The van der Waals surface area contributed by atoms with E-state index >= 15 is 0 Å². The van der Waals surface area contributed by atoms with Gasteiger partial charge in [-0.15, -0.1) is 0 Å². The number of nitrogens with zero attached hydrogens (tertiary/aromatic N) is 1. The molecule has 0 saturated carbocycles. The highest BCUT2D eigenvalue weighted by Gasteiger charge is 2.16. The van der Waals surface area contributed by atoms with Crippen LogP contribution in [-0.4, -0.2) is 38.2 Å². The van der Waals surface area contributed by atoms with Crippen molar-refractivity contribution < 1.29 is 4.74 Å². The minimum absolute atomic E-state index is 0.998. The number of benzene rings is 1. The zero-order valence-electron chi connectivity index (χ0n) is 12.0. The molecular formula is C15H24N2O. The van der Waals surface area contributed by atoms with E-state index in [0.717, 1.165) is 38.5 Å². The molecule has 0 aliphatic carbocycles. The lowest BCUT2D eigenvalue weighted by molar-refractivity contribution is 0.229. The number of methoxy groups -OCH3 is 1. The highest BCUT2D eigenvalue weighted by atomic mass is 16.5. The van der Waals surface area contributed by atoms with Crippen molar-refractivity contribution in [2.45, 2.75) is 27.3 Å². The maximum Gasteiger partial charge on any atom is 0.126 e. The summed E-state index contributed by atoms with van der Waals surface area (Å²) in [4.78, 5) is 2.50. The molecule has 1 fully saturated rings. The van der Waals surface area contributed by atoms with Crippen LogP contribution < -0.4 is 10.1 Å². The van der Waals surface area contributed by atoms with Crippen molar-refractivity contribution >= 4 is 0 Å².